The lowest BCUT2D eigenvalue weighted by Crippen LogP contribution is -2.36. The summed E-state index contributed by atoms with van der Waals surface area (Å²) < 4.78 is 11.7. The summed E-state index contributed by atoms with van der Waals surface area (Å²) in [4.78, 5) is 11.3. The molecule has 3 aromatic rings. The molecule has 8 heteroatoms. The topological polar surface area (TPSA) is 93.7 Å². The van der Waals surface area contributed by atoms with Crippen LogP contribution in [-0.4, -0.2) is 47.9 Å². The van der Waals surface area contributed by atoms with Crippen molar-refractivity contribution in [2.75, 3.05) is 37.7 Å². The third-order valence-corrected chi connectivity index (χ3v) is 5.33. The Hall–Kier alpha value is -2.71. The molecule has 1 atom stereocenters. The number of pyridine rings is 2. The van der Waals surface area contributed by atoms with Crippen molar-refractivity contribution in [3.05, 3.63) is 64.9 Å². The Labute approximate surface area is 186 Å². The summed E-state index contributed by atoms with van der Waals surface area (Å²) in [5, 5.41) is 10.5. The van der Waals surface area contributed by atoms with Gasteiger partial charge in [-0.25, -0.2) is 4.98 Å². The molecule has 1 aliphatic rings. The second-order valence-electron chi connectivity index (χ2n) is 7.37. The number of nitrogens with two attached hydrogens (primary N) is 1. The Morgan fingerprint density at radius 3 is 2.71 bits per heavy atom. The number of ether oxygens (including phenoxy) is 2. The molecular formula is C23H25ClN4O3. The van der Waals surface area contributed by atoms with Crippen LogP contribution in [0.2, 0.25) is 5.02 Å². The predicted molar refractivity (Wildman–Crippen MR) is 121 cm³/mol. The Morgan fingerprint density at radius 2 is 2.00 bits per heavy atom. The van der Waals surface area contributed by atoms with Gasteiger partial charge >= 0.3 is 0 Å². The van der Waals surface area contributed by atoms with E-state index in [1.807, 2.05) is 37.3 Å². The van der Waals surface area contributed by atoms with E-state index < -0.39 is 6.10 Å². The first-order chi connectivity index (χ1) is 15.0. The first-order valence-corrected chi connectivity index (χ1v) is 10.5. The molecule has 7 nitrogen and oxygen atoms in total. The van der Waals surface area contributed by atoms with Gasteiger partial charge < -0.3 is 25.2 Å². The van der Waals surface area contributed by atoms with E-state index in [4.69, 9.17) is 26.8 Å². The summed E-state index contributed by atoms with van der Waals surface area (Å²) in [6.45, 7) is 5.05. The van der Waals surface area contributed by atoms with Crippen molar-refractivity contribution in [2.45, 2.75) is 13.0 Å². The molecule has 0 saturated carbocycles. The number of aliphatic hydroxyl groups excluding tert-OH is 1. The average molecular weight is 441 g/mol. The number of hydrogen-bond acceptors (Lipinski definition) is 7. The van der Waals surface area contributed by atoms with Gasteiger partial charge in [0.25, 0.3) is 0 Å². The average Bonchev–Trinajstić information content (AvgIpc) is 2.79. The van der Waals surface area contributed by atoms with Crippen LogP contribution in [0.5, 0.6) is 11.5 Å². The molecule has 31 heavy (non-hydrogen) atoms. The van der Waals surface area contributed by atoms with Crippen molar-refractivity contribution in [2.24, 2.45) is 5.73 Å². The zero-order chi connectivity index (χ0) is 21.8. The Morgan fingerprint density at radius 1 is 1.19 bits per heavy atom. The van der Waals surface area contributed by atoms with Crippen molar-refractivity contribution in [3.63, 3.8) is 0 Å². The molecule has 1 saturated heterocycles. The lowest BCUT2D eigenvalue weighted by Gasteiger charge is -2.28. The molecule has 3 N–H and O–H groups in total. The zero-order valence-corrected chi connectivity index (χ0v) is 18.0. The number of aromatic nitrogens is 2. The van der Waals surface area contributed by atoms with Gasteiger partial charge in [-0.3, -0.25) is 4.98 Å². The SMILES string of the molecule is Cc1cc(Oc2cc(Cl)ccc2-c2ccc(C(O)CN)cn2)cc(N2CCOCC2)n1. The highest BCUT2D eigenvalue weighted by molar-refractivity contribution is 6.30. The number of anilines is 1. The van der Waals surface area contributed by atoms with Gasteiger partial charge in [0, 0.05) is 65.9 Å². The van der Waals surface area contributed by atoms with Crippen LogP contribution in [0, 0.1) is 6.92 Å². The summed E-state index contributed by atoms with van der Waals surface area (Å²) in [5.74, 6) is 2.12. The normalized spacial score (nSPS) is 15.0. The molecule has 0 spiro atoms. The van der Waals surface area contributed by atoms with Crippen molar-refractivity contribution in [1.29, 1.82) is 0 Å². The third kappa shape index (κ3) is 5.14. The maximum atomic E-state index is 9.91. The summed E-state index contributed by atoms with van der Waals surface area (Å²) >= 11 is 6.26. The van der Waals surface area contributed by atoms with Crippen LogP contribution in [-0.2, 0) is 4.74 Å². The molecule has 1 aromatic carbocycles. The van der Waals surface area contributed by atoms with Gasteiger partial charge in [-0.1, -0.05) is 17.7 Å². The van der Waals surface area contributed by atoms with Gasteiger partial charge in [0.15, 0.2) is 0 Å². The van der Waals surface area contributed by atoms with Crippen molar-refractivity contribution in [1.82, 2.24) is 9.97 Å². The molecule has 1 fully saturated rings. The summed E-state index contributed by atoms with van der Waals surface area (Å²) in [5.41, 5.74) is 8.56. The van der Waals surface area contributed by atoms with E-state index in [9.17, 15) is 5.11 Å². The van der Waals surface area contributed by atoms with E-state index in [1.165, 1.54) is 0 Å². The van der Waals surface area contributed by atoms with Crippen LogP contribution in [0.1, 0.15) is 17.4 Å². The van der Waals surface area contributed by atoms with E-state index in [0.717, 1.165) is 30.2 Å². The van der Waals surface area contributed by atoms with Crippen LogP contribution in [0.25, 0.3) is 11.3 Å². The highest BCUT2D eigenvalue weighted by Crippen LogP contribution is 2.36. The van der Waals surface area contributed by atoms with E-state index in [-0.39, 0.29) is 6.54 Å². The van der Waals surface area contributed by atoms with E-state index >= 15 is 0 Å². The smallest absolute Gasteiger partial charge is 0.138 e. The highest BCUT2D eigenvalue weighted by Gasteiger charge is 2.16. The van der Waals surface area contributed by atoms with Crippen molar-refractivity contribution in [3.8, 4) is 22.8 Å². The van der Waals surface area contributed by atoms with Gasteiger partial charge in [-0.15, -0.1) is 0 Å². The van der Waals surface area contributed by atoms with Gasteiger partial charge in [-0.05, 0) is 25.1 Å². The molecule has 0 radical (unpaired) electrons. The van der Waals surface area contributed by atoms with Crippen LogP contribution in [0.15, 0.2) is 48.7 Å². The van der Waals surface area contributed by atoms with E-state index in [0.29, 0.717) is 41.0 Å². The Kier molecular flexibility index (Phi) is 6.67. The molecular weight excluding hydrogens is 416 g/mol. The molecule has 162 valence electrons. The fourth-order valence-corrected chi connectivity index (χ4v) is 3.61. The van der Waals surface area contributed by atoms with Gasteiger partial charge in [0.2, 0.25) is 0 Å². The van der Waals surface area contributed by atoms with Crippen LogP contribution in [0.3, 0.4) is 0 Å². The molecule has 4 rings (SSSR count). The molecule has 3 heterocycles. The number of aliphatic hydroxyl groups is 1. The minimum absolute atomic E-state index is 0.142. The molecule has 2 aromatic heterocycles. The van der Waals surface area contributed by atoms with Gasteiger partial charge in [-0.2, -0.15) is 0 Å². The molecule has 1 aliphatic heterocycles. The number of morpholine rings is 1. The highest BCUT2D eigenvalue weighted by atomic mass is 35.5. The molecule has 1 unspecified atom stereocenters. The number of halogens is 1. The van der Waals surface area contributed by atoms with Gasteiger partial charge in [0.1, 0.15) is 17.3 Å². The van der Waals surface area contributed by atoms with Crippen molar-refractivity contribution >= 4 is 17.4 Å². The molecule has 0 amide bonds. The number of benzene rings is 1. The lowest BCUT2D eigenvalue weighted by atomic mass is 10.1. The zero-order valence-electron chi connectivity index (χ0n) is 17.3. The second-order valence-corrected chi connectivity index (χ2v) is 7.81. The fourth-order valence-electron chi connectivity index (χ4n) is 3.45. The second kappa shape index (κ2) is 9.62. The minimum Gasteiger partial charge on any atom is -0.456 e. The maximum absolute atomic E-state index is 9.91. The van der Waals surface area contributed by atoms with Crippen LogP contribution in [0.4, 0.5) is 5.82 Å². The largest absolute Gasteiger partial charge is 0.456 e. The summed E-state index contributed by atoms with van der Waals surface area (Å²) in [6, 6.07) is 12.9. The van der Waals surface area contributed by atoms with Crippen LogP contribution >= 0.6 is 11.6 Å². The quantitative estimate of drug-likeness (QED) is 0.603. The van der Waals surface area contributed by atoms with E-state index in [1.54, 1.807) is 18.3 Å². The molecule has 0 bridgehead atoms. The third-order valence-electron chi connectivity index (χ3n) is 5.09. The number of aryl methyl sites for hydroxylation is 1. The standard InChI is InChI=1S/C23H25ClN4O3/c1-15-10-18(12-23(27-15)28-6-8-30-9-7-28)31-22-11-17(24)3-4-19(22)20-5-2-16(14-26-20)21(29)13-25/h2-5,10-12,14,21,29H,6-9,13,25H2,1H3. The first kappa shape index (κ1) is 21.5. The Balaban J connectivity index is 1.65. The summed E-state index contributed by atoms with van der Waals surface area (Å²) in [6.07, 6.45) is 0.888. The predicted octanol–water partition coefficient (Wildman–Crippen LogP) is 3.73. The van der Waals surface area contributed by atoms with Crippen molar-refractivity contribution < 1.29 is 14.6 Å². The molecule has 0 aliphatic carbocycles. The van der Waals surface area contributed by atoms with E-state index in [2.05, 4.69) is 14.9 Å². The van der Waals surface area contributed by atoms with Gasteiger partial charge in [0.05, 0.1) is 25.0 Å². The Bertz CT molecular complexity index is 1040. The summed E-state index contributed by atoms with van der Waals surface area (Å²) in [7, 11) is 0. The maximum Gasteiger partial charge on any atom is 0.138 e. The minimum atomic E-state index is -0.735. The van der Waals surface area contributed by atoms with Crippen LogP contribution < -0.4 is 15.4 Å². The first-order valence-electron chi connectivity index (χ1n) is 10.2. The fraction of sp³-hybridized carbons (Fsp3) is 0.304. The number of nitrogens with zero attached hydrogens (tertiary/aromatic N) is 3. The number of rotatable bonds is 6. The monoisotopic (exact) mass is 440 g/mol. The number of hydrogen-bond donors (Lipinski definition) is 2. The lowest BCUT2D eigenvalue weighted by molar-refractivity contribution is 0.122.